The van der Waals surface area contributed by atoms with Gasteiger partial charge in [-0.3, -0.25) is 4.79 Å². The van der Waals surface area contributed by atoms with Gasteiger partial charge in [0.15, 0.2) is 5.78 Å². The summed E-state index contributed by atoms with van der Waals surface area (Å²) in [6, 6.07) is 7.64. The van der Waals surface area contributed by atoms with Gasteiger partial charge in [0.25, 0.3) is 0 Å². The monoisotopic (exact) mass is 260 g/mol. The van der Waals surface area contributed by atoms with Gasteiger partial charge in [-0.25, -0.2) is 0 Å². The maximum absolute atomic E-state index is 12.8. The molecular weight excluding hydrogens is 236 g/mol. The summed E-state index contributed by atoms with van der Waals surface area (Å²) in [6.07, 6.45) is 4.55. The third kappa shape index (κ3) is 2.99. The minimum absolute atomic E-state index is 0.106. The number of hydrogen-bond acceptors (Lipinski definition) is 2. The first-order valence-electron chi connectivity index (χ1n) is 7.32. The van der Waals surface area contributed by atoms with Crippen LogP contribution in [-0.2, 0) is 0 Å². The summed E-state index contributed by atoms with van der Waals surface area (Å²) in [7, 11) is 0. The Morgan fingerprint density at radius 3 is 2.74 bits per heavy atom. The lowest BCUT2D eigenvalue weighted by Gasteiger charge is -2.37. The fourth-order valence-corrected chi connectivity index (χ4v) is 3.12. The van der Waals surface area contributed by atoms with Crippen LogP contribution in [0, 0.1) is 11.3 Å². The number of Topliss-reactive ketones (excluding diaryl/α,β-unsaturated/α-hetero) is 1. The van der Waals surface area contributed by atoms with E-state index in [0.29, 0.717) is 6.61 Å². The van der Waals surface area contributed by atoms with Gasteiger partial charge in [0.1, 0.15) is 5.75 Å². The van der Waals surface area contributed by atoms with E-state index in [9.17, 15) is 4.79 Å². The average molecular weight is 260 g/mol. The molecule has 104 valence electrons. The normalized spacial score (nSPS) is 21.9. The van der Waals surface area contributed by atoms with Gasteiger partial charge in [0.2, 0.25) is 0 Å². The molecule has 0 heterocycles. The Morgan fingerprint density at radius 2 is 2.05 bits per heavy atom. The molecule has 0 radical (unpaired) electrons. The Hall–Kier alpha value is -1.31. The van der Waals surface area contributed by atoms with Gasteiger partial charge in [0, 0.05) is 5.92 Å². The molecule has 1 saturated carbocycles. The zero-order valence-electron chi connectivity index (χ0n) is 12.2. The van der Waals surface area contributed by atoms with E-state index >= 15 is 0 Å². The van der Waals surface area contributed by atoms with Gasteiger partial charge in [-0.1, -0.05) is 38.8 Å². The fourth-order valence-electron chi connectivity index (χ4n) is 3.12. The lowest BCUT2D eigenvalue weighted by atomic mass is 9.66. The SMILES string of the molecule is CCOc1ccccc1C(=O)C1CCCCC1(C)C. The second kappa shape index (κ2) is 5.77. The van der Waals surface area contributed by atoms with Crippen molar-refractivity contribution in [1.82, 2.24) is 0 Å². The molecule has 1 aromatic carbocycles. The van der Waals surface area contributed by atoms with Crippen LogP contribution < -0.4 is 4.74 Å². The Morgan fingerprint density at radius 1 is 1.32 bits per heavy atom. The van der Waals surface area contributed by atoms with Gasteiger partial charge < -0.3 is 4.74 Å². The highest BCUT2D eigenvalue weighted by molar-refractivity contribution is 6.00. The molecule has 1 aromatic rings. The summed E-state index contributed by atoms with van der Waals surface area (Å²) in [5, 5.41) is 0. The van der Waals surface area contributed by atoms with E-state index in [0.717, 1.165) is 30.6 Å². The largest absolute Gasteiger partial charge is 0.493 e. The molecule has 0 bridgehead atoms. The van der Waals surface area contributed by atoms with Gasteiger partial charge in [-0.15, -0.1) is 0 Å². The van der Waals surface area contributed by atoms with E-state index in [1.54, 1.807) is 0 Å². The van der Waals surface area contributed by atoms with Crippen molar-refractivity contribution in [3.05, 3.63) is 29.8 Å². The highest BCUT2D eigenvalue weighted by Gasteiger charge is 2.38. The van der Waals surface area contributed by atoms with Crippen LogP contribution in [-0.4, -0.2) is 12.4 Å². The van der Waals surface area contributed by atoms with Crippen LogP contribution in [0.2, 0.25) is 0 Å². The summed E-state index contributed by atoms with van der Waals surface area (Å²) in [5.41, 5.74) is 0.860. The number of para-hydroxylation sites is 1. The van der Waals surface area contributed by atoms with Crippen LogP contribution in [0.4, 0.5) is 0 Å². The van der Waals surface area contributed by atoms with Crippen molar-refractivity contribution in [1.29, 1.82) is 0 Å². The topological polar surface area (TPSA) is 26.3 Å². The summed E-state index contributed by atoms with van der Waals surface area (Å²) in [4.78, 5) is 12.8. The molecule has 2 nitrogen and oxygen atoms in total. The zero-order chi connectivity index (χ0) is 13.9. The molecule has 0 saturated heterocycles. The van der Waals surface area contributed by atoms with Crippen LogP contribution in [0.3, 0.4) is 0 Å². The lowest BCUT2D eigenvalue weighted by Crippen LogP contribution is -2.34. The standard InChI is InChI=1S/C17H24O2/c1-4-19-15-11-6-5-9-13(15)16(18)14-10-7-8-12-17(14,2)3/h5-6,9,11,14H,4,7-8,10,12H2,1-3H3. The molecule has 19 heavy (non-hydrogen) atoms. The summed E-state index contributed by atoms with van der Waals surface area (Å²) < 4.78 is 5.60. The highest BCUT2D eigenvalue weighted by atomic mass is 16.5. The number of ketones is 1. The molecule has 0 aliphatic heterocycles. The van der Waals surface area contributed by atoms with E-state index in [1.807, 2.05) is 31.2 Å². The van der Waals surface area contributed by atoms with Crippen molar-refractivity contribution in [3.63, 3.8) is 0 Å². The summed E-state index contributed by atoms with van der Waals surface area (Å²) in [5.74, 6) is 1.12. The van der Waals surface area contributed by atoms with E-state index < -0.39 is 0 Å². The Balaban J connectivity index is 2.28. The van der Waals surface area contributed by atoms with Gasteiger partial charge in [0.05, 0.1) is 12.2 Å². The third-order valence-electron chi connectivity index (χ3n) is 4.28. The first kappa shape index (κ1) is 14.1. The zero-order valence-corrected chi connectivity index (χ0v) is 12.2. The maximum Gasteiger partial charge on any atom is 0.170 e. The highest BCUT2D eigenvalue weighted by Crippen LogP contribution is 2.43. The molecule has 1 fully saturated rings. The third-order valence-corrected chi connectivity index (χ3v) is 4.28. The maximum atomic E-state index is 12.8. The van der Waals surface area contributed by atoms with Gasteiger partial charge >= 0.3 is 0 Å². The predicted octanol–water partition coefficient (Wildman–Crippen LogP) is 4.48. The van der Waals surface area contributed by atoms with Crippen LogP contribution in [0.15, 0.2) is 24.3 Å². The number of hydrogen-bond donors (Lipinski definition) is 0. The Bertz CT molecular complexity index is 448. The number of benzene rings is 1. The molecule has 1 atom stereocenters. The Kier molecular flexibility index (Phi) is 4.28. The molecule has 2 heteroatoms. The second-order valence-corrected chi connectivity index (χ2v) is 6.08. The van der Waals surface area contributed by atoms with Crippen molar-refractivity contribution in [2.75, 3.05) is 6.61 Å². The number of rotatable bonds is 4. The second-order valence-electron chi connectivity index (χ2n) is 6.08. The minimum Gasteiger partial charge on any atom is -0.493 e. The molecule has 2 rings (SSSR count). The summed E-state index contributed by atoms with van der Waals surface area (Å²) in [6.45, 7) is 6.99. The first-order chi connectivity index (χ1) is 9.06. The fraction of sp³-hybridized carbons (Fsp3) is 0.588. The molecular formula is C17H24O2. The van der Waals surface area contributed by atoms with E-state index in [1.165, 1.54) is 6.42 Å². The Labute approximate surface area is 116 Å². The van der Waals surface area contributed by atoms with Crippen LogP contribution >= 0.6 is 0 Å². The molecule has 0 aromatic heterocycles. The molecule has 0 N–H and O–H groups in total. The van der Waals surface area contributed by atoms with Crippen LogP contribution in [0.5, 0.6) is 5.75 Å². The van der Waals surface area contributed by atoms with Crippen molar-refractivity contribution < 1.29 is 9.53 Å². The first-order valence-corrected chi connectivity index (χ1v) is 7.32. The van der Waals surface area contributed by atoms with Crippen molar-refractivity contribution in [2.24, 2.45) is 11.3 Å². The number of ether oxygens (including phenoxy) is 1. The molecule has 0 amide bonds. The van der Waals surface area contributed by atoms with E-state index in [-0.39, 0.29) is 17.1 Å². The molecule has 1 unspecified atom stereocenters. The van der Waals surface area contributed by atoms with E-state index in [2.05, 4.69) is 13.8 Å². The van der Waals surface area contributed by atoms with Crippen molar-refractivity contribution >= 4 is 5.78 Å². The number of carbonyl (C=O) groups excluding carboxylic acids is 1. The summed E-state index contributed by atoms with van der Waals surface area (Å²) >= 11 is 0. The average Bonchev–Trinajstić information content (AvgIpc) is 2.38. The quantitative estimate of drug-likeness (QED) is 0.746. The molecule has 1 aliphatic rings. The van der Waals surface area contributed by atoms with Crippen molar-refractivity contribution in [2.45, 2.75) is 46.5 Å². The smallest absolute Gasteiger partial charge is 0.170 e. The molecule has 1 aliphatic carbocycles. The molecule has 0 spiro atoms. The van der Waals surface area contributed by atoms with Gasteiger partial charge in [-0.05, 0) is 37.3 Å². The van der Waals surface area contributed by atoms with Crippen molar-refractivity contribution in [3.8, 4) is 5.75 Å². The lowest BCUT2D eigenvalue weighted by molar-refractivity contribution is 0.0693. The van der Waals surface area contributed by atoms with Crippen LogP contribution in [0.25, 0.3) is 0 Å². The van der Waals surface area contributed by atoms with Gasteiger partial charge in [-0.2, -0.15) is 0 Å². The minimum atomic E-state index is 0.106. The van der Waals surface area contributed by atoms with Crippen LogP contribution in [0.1, 0.15) is 56.8 Å². The predicted molar refractivity (Wildman–Crippen MR) is 77.7 cm³/mol. The number of carbonyl (C=O) groups is 1. The van der Waals surface area contributed by atoms with E-state index in [4.69, 9.17) is 4.74 Å².